The Labute approximate surface area is 115 Å². The summed E-state index contributed by atoms with van der Waals surface area (Å²) in [5.41, 5.74) is 1.63. The van der Waals surface area contributed by atoms with E-state index in [4.69, 9.17) is 11.6 Å². The van der Waals surface area contributed by atoms with Crippen LogP contribution in [0, 0.1) is 0 Å². The Morgan fingerprint density at radius 3 is 2.58 bits per heavy atom. The van der Waals surface area contributed by atoms with Crippen LogP contribution in [0.15, 0.2) is 53.8 Å². The molecule has 0 unspecified atom stereocenters. The van der Waals surface area contributed by atoms with E-state index in [0.29, 0.717) is 10.8 Å². The van der Waals surface area contributed by atoms with E-state index in [1.165, 1.54) is 5.01 Å². The highest BCUT2D eigenvalue weighted by atomic mass is 35.5. The normalized spacial score (nSPS) is 14.7. The van der Waals surface area contributed by atoms with E-state index in [9.17, 15) is 4.79 Å². The van der Waals surface area contributed by atoms with Crippen LogP contribution in [0.2, 0.25) is 5.02 Å². The number of halogens is 1. The molecule has 1 aliphatic heterocycles. The van der Waals surface area contributed by atoms with Crippen LogP contribution < -0.4 is 5.01 Å². The molecular formula is C14H10ClN3O. The highest BCUT2D eigenvalue weighted by Gasteiger charge is 2.26. The Balaban J connectivity index is 1.93. The van der Waals surface area contributed by atoms with Gasteiger partial charge in [0.2, 0.25) is 0 Å². The van der Waals surface area contributed by atoms with Crippen LogP contribution in [-0.2, 0) is 4.79 Å². The van der Waals surface area contributed by atoms with Crippen LogP contribution in [0.25, 0.3) is 0 Å². The number of benzene rings is 1. The summed E-state index contributed by atoms with van der Waals surface area (Å²) >= 11 is 5.84. The van der Waals surface area contributed by atoms with Gasteiger partial charge in [-0.1, -0.05) is 29.8 Å². The molecule has 0 radical (unpaired) electrons. The van der Waals surface area contributed by atoms with Gasteiger partial charge in [-0.15, -0.1) is 0 Å². The third-order valence-electron chi connectivity index (χ3n) is 2.82. The Morgan fingerprint density at radius 2 is 1.89 bits per heavy atom. The first-order valence-electron chi connectivity index (χ1n) is 5.81. The molecule has 1 amide bonds. The van der Waals surface area contributed by atoms with Gasteiger partial charge in [-0.25, -0.2) is 4.98 Å². The molecule has 19 heavy (non-hydrogen) atoms. The second kappa shape index (κ2) is 4.82. The van der Waals surface area contributed by atoms with E-state index in [1.54, 1.807) is 30.5 Å². The number of anilines is 1. The van der Waals surface area contributed by atoms with Crippen molar-refractivity contribution in [2.75, 3.05) is 5.01 Å². The molecule has 0 atom stereocenters. The van der Waals surface area contributed by atoms with Gasteiger partial charge in [0.15, 0.2) is 5.82 Å². The summed E-state index contributed by atoms with van der Waals surface area (Å²) < 4.78 is 0. The SMILES string of the molecule is O=C1CC(c2ccc(Cl)cc2)=NN1c1ccccn1. The summed E-state index contributed by atoms with van der Waals surface area (Å²) in [7, 11) is 0. The lowest BCUT2D eigenvalue weighted by Gasteiger charge is -2.08. The maximum atomic E-state index is 12.0. The third kappa shape index (κ3) is 2.35. The molecule has 0 saturated carbocycles. The van der Waals surface area contributed by atoms with E-state index in [0.717, 1.165) is 11.3 Å². The van der Waals surface area contributed by atoms with Crippen molar-refractivity contribution in [3.05, 3.63) is 59.2 Å². The largest absolute Gasteiger partial charge is 0.272 e. The Hall–Kier alpha value is -2.20. The lowest BCUT2D eigenvalue weighted by molar-refractivity contribution is -0.116. The molecule has 2 aromatic rings. The summed E-state index contributed by atoms with van der Waals surface area (Å²) in [6, 6.07) is 12.7. The maximum absolute atomic E-state index is 12.0. The number of aromatic nitrogens is 1. The first kappa shape index (κ1) is 11.9. The zero-order chi connectivity index (χ0) is 13.2. The highest BCUT2D eigenvalue weighted by molar-refractivity contribution is 6.30. The van der Waals surface area contributed by atoms with Crippen LogP contribution in [0.5, 0.6) is 0 Å². The van der Waals surface area contributed by atoms with Gasteiger partial charge in [-0.3, -0.25) is 4.79 Å². The van der Waals surface area contributed by atoms with Gasteiger partial charge in [0, 0.05) is 11.2 Å². The predicted octanol–water partition coefficient (Wildman–Crippen LogP) is 2.88. The minimum absolute atomic E-state index is 0.0800. The average Bonchev–Trinajstić information content (AvgIpc) is 2.83. The van der Waals surface area contributed by atoms with Gasteiger partial charge < -0.3 is 0 Å². The highest BCUT2D eigenvalue weighted by Crippen LogP contribution is 2.21. The third-order valence-corrected chi connectivity index (χ3v) is 3.07. The summed E-state index contributed by atoms with van der Waals surface area (Å²) in [5.74, 6) is 0.458. The number of nitrogens with zero attached hydrogens (tertiary/aromatic N) is 3. The van der Waals surface area contributed by atoms with Gasteiger partial charge >= 0.3 is 0 Å². The van der Waals surface area contributed by atoms with E-state index in [1.807, 2.05) is 18.2 Å². The molecule has 0 bridgehead atoms. The molecule has 0 saturated heterocycles. The van der Waals surface area contributed by atoms with Crippen molar-refractivity contribution in [2.24, 2.45) is 5.10 Å². The molecule has 0 fully saturated rings. The van der Waals surface area contributed by atoms with Crippen molar-refractivity contribution in [3.8, 4) is 0 Å². The summed E-state index contributed by atoms with van der Waals surface area (Å²) in [4.78, 5) is 16.1. The molecule has 1 aromatic heterocycles. The van der Waals surface area contributed by atoms with Gasteiger partial charge in [-0.05, 0) is 29.8 Å². The van der Waals surface area contributed by atoms with Crippen molar-refractivity contribution in [3.63, 3.8) is 0 Å². The van der Waals surface area contributed by atoms with Gasteiger partial charge in [0.1, 0.15) is 0 Å². The fraction of sp³-hybridized carbons (Fsp3) is 0.0714. The molecule has 3 rings (SSSR count). The van der Waals surface area contributed by atoms with Crippen molar-refractivity contribution >= 4 is 29.0 Å². The molecule has 5 heteroatoms. The topological polar surface area (TPSA) is 45.6 Å². The van der Waals surface area contributed by atoms with E-state index in [2.05, 4.69) is 10.1 Å². The quantitative estimate of drug-likeness (QED) is 0.843. The number of hydrogen-bond acceptors (Lipinski definition) is 3. The van der Waals surface area contributed by atoms with Crippen molar-refractivity contribution in [2.45, 2.75) is 6.42 Å². The smallest absolute Gasteiger partial charge is 0.254 e. The second-order valence-corrected chi connectivity index (χ2v) is 4.56. The van der Waals surface area contributed by atoms with E-state index in [-0.39, 0.29) is 12.3 Å². The number of carbonyl (C=O) groups excluding carboxylic acids is 1. The molecule has 4 nitrogen and oxygen atoms in total. The second-order valence-electron chi connectivity index (χ2n) is 4.12. The van der Waals surface area contributed by atoms with Crippen LogP contribution in [0.1, 0.15) is 12.0 Å². The van der Waals surface area contributed by atoms with Crippen LogP contribution in [0.4, 0.5) is 5.82 Å². The molecular weight excluding hydrogens is 262 g/mol. The first-order chi connectivity index (χ1) is 9.24. The van der Waals surface area contributed by atoms with Gasteiger partial charge in [0.25, 0.3) is 5.91 Å². The Morgan fingerprint density at radius 1 is 1.11 bits per heavy atom. The number of rotatable bonds is 2. The number of hydrogen-bond donors (Lipinski definition) is 0. The van der Waals surface area contributed by atoms with Crippen molar-refractivity contribution in [1.82, 2.24) is 4.98 Å². The number of amides is 1. The fourth-order valence-corrected chi connectivity index (χ4v) is 2.02. The zero-order valence-electron chi connectivity index (χ0n) is 9.95. The molecule has 1 aliphatic rings. The van der Waals surface area contributed by atoms with E-state index < -0.39 is 0 Å². The molecule has 0 aliphatic carbocycles. The first-order valence-corrected chi connectivity index (χ1v) is 6.19. The standard InChI is InChI=1S/C14H10ClN3O/c15-11-6-4-10(5-7-11)12-9-14(19)18(17-12)13-3-1-2-8-16-13/h1-8H,9H2. The van der Waals surface area contributed by atoms with Crippen LogP contribution in [0.3, 0.4) is 0 Å². The Bertz CT molecular complexity index is 638. The van der Waals surface area contributed by atoms with E-state index >= 15 is 0 Å². The molecule has 0 spiro atoms. The van der Waals surface area contributed by atoms with Gasteiger partial charge in [0.05, 0.1) is 12.1 Å². The minimum atomic E-state index is -0.0800. The van der Waals surface area contributed by atoms with Crippen LogP contribution >= 0.6 is 11.6 Å². The number of carbonyl (C=O) groups is 1. The summed E-state index contributed by atoms with van der Waals surface area (Å²) in [5, 5.41) is 6.33. The van der Waals surface area contributed by atoms with Crippen molar-refractivity contribution in [1.29, 1.82) is 0 Å². The lowest BCUT2D eigenvalue weighted by Crippen LogP contribution is -2.20. The summed E-state index contributed by atoms with van der Waals surface area (Å²) in [6.45, 7) is 0. The molecule has 0 N–H and O–H groups in total. The fourth-order valence-electron chi connectivity index (χ4n) is 1.89. The molecule has 1 aromatic carbocycles. The number of hydrazone groups is 1. The van der Waals surface area contributed by atoms with Crippen molar-refractivity contribution < 1.29 is 4.79 Å². The number of pyridine rings is 1. The predicted molar refractivity (Wildman–Crippen MR) is 74.3 cm³/mol. The molecule has 2 heterocycles. The summed E-state index contributed by atoms with van der Waals surface area (Å²) in [6.07, 6.45) is 1.91. The monoisotopic (exact) mass is 271 g/mol. The zero-order valence-corrected chi connectivity index (χ0v) is 10.7. The van der Waals surface area contributed by atoms with Crippen LogP contribution in [-0.4, -0.2) is 16.6 Å². The Kier molecular flexibility index (Phi) is 3.01. The molecule has 94 valence electrons. The minimum Gasteiger partial charge on any atom is -0.272 e. The van der Waals surface area contributed by atoms with Gasteiger partial charge in [-0.2, -0.15) is 10.1 Å². The lowest BCUT2D eigenvalue weighted by atomic mass is 10.1. The maximum Gasteiger partial charge on any atom is 0.254 e. The average molecular weight is 272 g/mol.